The van der Waals surface area contributed by atoms with Crippen molar-refractivity contribution < 1.29 is 1.43 Å². The maximum absolute atomic E-state index is 3.75. The van der Waals surface area contributed by atoms with Gasteiger partial charge in [0.2, 0.25) is 0 Å². The van der Waals surface area contributed by atoms with E-state index in [9.17, 15) is 0 Å². The van der Waals surface area contributed by atoms with Gasteiger partial charge in [0.1, 0.15) is 0 Å². The molecule has 1 atom stereocenters. The van der Waals surface area contributed by atoms with Gasteiger partial charge in [-0.2, -0.15) is 0 Å². The van der Waals surface area contributed by atoms with E-state index in [-0.39, 0.29) is 1.43 Å². The van der Waals surface area contributed by atoms with Crippen LogP contribution in [-0.4, -0.2) is 6.54 Å². The average Bonchev–Trinajstić information content (AvgIpc) is 2.30. The van der Waals surface area contributed by atoms with Crippen molar-refractivity contribution in [2.45, 2.75) is 6.92 Å². The van der Waals surface area contributed by atoms with Crippen LogP contribution in [0.25, 0.3) is 0 Å². The molecule has 1 heteroatoms. The third-order valence-electron chi connectivity index (χ3n) is 1.86. The summed E-state index contributed by atoms with van der Waals surface area (Å²) in [7, 11) is 0. The Bertz CT molecular complexity index is 194. The molecule has 1 rings (SSSR count). The Kier molecular flexibility index (Phi) is 1.95. The number of rotatable bonds is 2. The molecule has 0 fully saturated rings. The molecule has 0 saturated carbocycles. The summed E-state index contributed by atoms with van der Waals surface area (Å²) in [5.41, 5.74) is 2.43. The molecule has 1 aliphatic heterocycles. The Balaban J connectivity index is 0.000001000. The van der Waals surface area contributed by atoms with Crippen molar-refractivity contribution in [1.82, 2.24) is 5.32 Å². The quantitative estimate of drug-likeness (QED) is 0.614. The number of hydrogen-bond acceptors (Lipinski definition) is 1. The first-order valence-corrected chi connectivity index (χ1v) is 3.52. The minimum atomic E-state index is 0. The summed E-state index contributed by atoms with van der Waals surface area (Å²) in [6.45, 7) is 10.7. The first kappa shape index (κ1) is 7.13. The van der Waals surface area contributed by atoms with Crippen molar-refractivity contribution in [2.24, 2.45) is 5.92 Å². The van der Waals surface area contributed by atoms with E-state index in [2.05, 4.69) is 25.4 Å². The van der Waals surface area contributed by atoms with Crippen molar-refractivity contribution in [1.29, 1.82) is 0 Å². The van der Waals surface area contributed by atoms with Crippen LogP contribution in [0, 0.1) is 5.92 Å². The minimum absolute atomic E-state index is 0. The Morgan fingerprint density at radius 2 is 2.30 bits per heavy atom. The lowest BCUT2D eigenvalue weighted by atomic mass is 10.0. The van der Waals surface area contributed by atoms with Crippen LogP contribution in [0.15, 0.2) is 36.6 Å². The monoisotopic (exact) mass is 137 g/mol. The van der Waals surface area contributed by atoms with Crippen molar-refractivity contribution >= 4 is 0 Å². The SMILES string of the molecule is C=CC1=C(C=C)C(C)CN1.[HH]. The third-order valence-corrected chi connectivity index (χ3v) is 1.86. The Morgan fingerprint density at radius 3 is 2.70 bits per heavy atom. The van der Waals surface area contributed by atoms with Gasteiger partial charge < -0.3 is 5.32 Å². The molecule has 1 nitrogen and oxygen atoms in total. The fourth-order valence-electron chi connectivity index (χ4n) is 1.24. The molecule has 0 bridgehead atoms. The molecule has 0 aliphatic carbocycles. The van der Waals surface area contributed by atoms with Crippen LogP contribution in [-0.2, 0) is 0 Å². The van der Waals surface area contributed by atoms with E-state index in [4.69, 9.17) is 0 Å². The second-order valence-corrected chi connectivity index (χ2v) is 2.56. The molecule has 0 aromatic heterocycles. The first-order valence-electron chi connectivity index (χ1n) is 3.52. The molecule has 0 radical (unpaired) electrons. The molecule has 1 aliphatic rings. The smallest absolute Gasteiger partial charge is 0.0370 e. The second-order valence-electron chi connectivity index (χ2n) is 2.56. The van der Waals surface area contributed by atoms with Crippen LogP contribution in [0.1, 0.15) is 8.35 Å². The van der Waals surface area contributed by atoms with E-state index in [1.54, 1.807) is 0 Å². The predicted octanol–water partition coefficient (Wildman–Crippen LogP) is 2.10. The van der Waals surface area contributed by atoms with E-state index in [0.29, 0.717) is 5.92 Å². The molecule has 1 unspecified atom stereocenters. The molecule has 10 heavy (non-hydrogen) atoms. The standard InChI is InChI=1S/C9H13N.H2/c1-4-8-7(3)6-10-9(8)5-2;/h4-5,7,10H,1-2,6H2,3H3;1H. The third kappa shape index (κ3) is 0.991. The summed E-state index contributed by atoms with van der Waals surface area (Å²) in [5, 5.41) is 3.25. The van der Waals surface area contributed by atoms with E-state index in [1.807, 2.05) is 12.2 Å². The summed E-state index contributed by atoms with van der Waals surface area (Å²) < 4.78 is 0. The zero-order valence-corrected chi connectivity index (χ0v) is 6.35. The zero-order chi connectivity index (χ0) is 7.56. The second kappa shape index (κ2) is 2.74. The molecular formula is C9H15N. The van der Waals surface area contributed by atoms with E-state index in [0.717, 1.165) is 12.2 Å². The van der Waals surface area contributed by atoms with Gasteiger partial charge in [-0.3, -0.25) is 0 Å². The molecule has 0 saturated heterocycles. The molecule has 0 spiro atoms. The van der Waals surface area contributed by atoms with Crippen molar-refractivity contribution in [3.05, 3.63) is 36.6 Å². The van der Waals surface area contributed by atoms with Gasteiger partial charge in [-0.1, -0.05) is 26.2 Å². The Morgan fingerprint density at radius 1 is 1.60 bits per heavy atom. The van der Waals surface area contributed by atoms with Gasteiger partial charge in [0, 0.05) is 19.6 Å². The summed E-state index contributed by atoms with van der Waals surface area (Å²) in [5.74, 6) is 0.588. The number of hydrogen-bond donors (Lipinski definition) is 1. The molecule has 0 aromatic carbocycles. The molecule has 56 valence electrons. The summed E-state index contributed by atoms with van der Waals surface area (Å²) in [4.78, 5) is 0. The van der Waals surface area contributed by atoms with Gasteiger partial charge >= 0.3 is 0 Å². The summed E-state index contributed by atoms with van der Waals surface area (Å²) in [6.07, 6.45) is 3.75. The highest BCUT2D eigenvalue weighted by molar-refractivity contribution is 5.35. The van der Waals surface area contributed by atoms with Crippen molar-refractivity contribution in [3.8, 4) is 0 Å². The van der Waals surface area contributed by atoms with Crippen LogP contribution in [0.3, 0.4) is 0 Å². The van der Waals surface area contributed by atoms with E-state index < -0.39 is 0 Å². The van der Waals surface area contributed by atoms with Gasteiger partial charge in [-0.15, -0.1) is 0 Å². The van der Waals surface area contributed by atoms with Crippen LogP contribution in [0.4, 0.5) is 0 Å². The maximum Gasteiger partial charge on any atom is 0.0370 e. The van der Waals surface area contributed by atoms with Gasteiger partial charge in [0.05, 0.1) is 0 Å². The molecule has 0 amide bonds. The lowest BCUT2D eigenvalue weighted by Crippen LogP contribution is -2.08. The predicted molar refractivity (Wildman–Crippen MR) is 46.7 cm³/mol. The fourth-order valence-corrected chi connectivity index (χ4v) is 1.24. The number of nitrogens with one attached hydrogen (secondary N) is 1. The highest BCUT2D eigenvalue weighted by Gasteiger charge is 2.15. The Labute approximate surface area is 63.6 Å². The normalized spacial score (nSPS) is 24.3. The van der Waals surface area contributed by atoms with Crippen LogP contribution < -0.4 is 5.32 Å². The van der Waals surface area contributed by atoms with Gasteiger partial charge in [-0.25, -0.2) is 0 Å². The molecule has 1 heterocycles. The highest BCUT2D eigenvalue weighted by atomic mass is 14.9. The highest BCUT2D eigenvalue weighted by Crippen LogP contribution is 2.20. The zero-order valence-electron chi connectivity index (χ0n) is 6.35. The lowest BCUT2D eigenvalue weighted by molar-refractivity contribution is 0.703. The summed E-state index contributed by atoms with van der Waals surface area (Å²) in [6, 6.07) is 0. The van der Waals surface area contributed by atoms with Gasteiger partial charge in [0.15, 0.2) is 0 Å². The summed E-state index contributed by atoms with van der Waals surface area (Å²) >= 11 is 0. The first-order chi connectivity index (χ1) is 4.79. The molecule has 0 aromatic rings. The fraction of sp³-hybridized carbons (Fsp3) is 0.333. The number of allylic oxidation sites excluding steroid dienone is 2. The average molecular weight is 137 g/mol. The topological polar surface area (TPSA) is 12.0 Å². The van der Waals surface area contributed by atoms with Gasteiger partial charge in [0.25, 0.3) is 0 Å². The van der Waals surface area contributed by atoms with Crippen LogP contribution in [0.2, 0.25) is 0 Å². The van der Waals surface area contributed by atoms with Gasteiger partial charge in [-0.05, 0) is 11.6 Å². The van der Waals surface area contributed by atoms with E-state index >= 15 is 0 Å². The maximum atomic E-state index is 3.75. The van der Waals surface area contributed by atoms with Crippen LogP contribution in [0.5, 0.6) is 0 Å². The van der Waals surface area contributed by atoms with Crippen molar-refractivity contribution in [2.75, 3.05) is 6.54 Å². The van der Waals surface area contributed by atoms with Crippen molar-refractivity contribution in [3.63, 3.8) is 0 Å². The molecular weight excluding hydrogens is 122 g/mol. The molecule has 1 N–H and O–H groups in total. The Hall–Kier alpha value is -0.980. The van der Waals surface area contributed by atoms with Crippen LogP contribution >= 0.6 is 0 Å². The lowest BCUT2D eigenvalue weighted by Gasteiger charge is -1.99. The largest absolute Gasteiger partial charge is 0.384 e. The van der Waals surface area contributed by atoms with E-state index in [1.165, 1.54) is 5.57 Å². The minimum Gasteiger partial charge on any atom is -0.384 e.